The fraction of sp³-hybridized carbons (Fsp3) is 0.625. The van der Waals surface area contributed by atoms with Crippen LogP contribution in [0.3, 0.4) is 0 Å². The minimum absolute atomic E-state index is 0.716. The Morgan fingerprint density at radius 1 is 1.22 bits per heavy atom. The second-order valence-corrected chi connectivity index (χ2v) is 5.99. The van der Waals surface area contributed by atoms with E-state index >= 15 is 0 Å². The van der Waals surface area contributed by atoms with Crippen LogP contribution in [0.2, 0.25) is 0 Å². The van der Waals surface area contributed by atoms with Crippen molar-refractivity contribution in [1.29, 1.82) is 0 Å². The molecule has 18 heavy (non-hydrogen) atoms. The van der Waals surface area contributed by atoms with Gasteiger partial charge in [-0.15, -0.1) is 0 Å². The molecule has 2 heterocycles. The summed E-state index contributed by atoms with van der Waals surface area (Å²) in [6, 6.07) is 10.1. The first kappa shape index (κ1) is 12.2. The number of hydrogen-bond acceptors (Lipinski definition) is 2. The maximum absolute atomic E-state index is 3.57. The lowest BCUT2D eigenvalue weighted by atomic mass is 9.95. The molecule has 1 N–H and O–H groups in total. The Hall–Kier alpha value is -0.860. The molecule has 0 amide bonds. The topological polar surface area (TPSA) is 15.3 Å². The molecule has 2 fully saturated rings. The zero-order valence-corrected chi connectivity index (χ0v) is 11.4. The van der Waals surface area contributed by atoms with Gasteiger partial charge in [0.25, 0.3) is 0 Å². The zero-order valence-electron chi connectivity index (χ0n) is 11.4. The van der Waals surface area contributed by atoms with Crippen LogP contribution in [0.15, 0.2) is 24.3 Å². The predicted octanol–water partition coefficient (Wildman–Crippen LogP) is 2.40. The fourth-order valence-electron chi connectivity index (χ4n) is 3.35. The third kappa shape index (κ3) is 2.76. The predicted molar refractivity (Wildman–Crippen MR) is 76.0 cm³/mol. The van der Waals surface area contributed by atoms with Crippen molar-refractivity contribution in [2.75, 3.05) is 26.7 Å². The highest BCUT2D eigenvalue weighted by atomic mass is 15.1. The molecule has 2 aliphatic heterocycles. The van der Waals surface area contributed by atoms with Crippen LogP contribution in [-0.4, -0.2) is 37.6 Å². The Balaban J connectivity index is 1.61. The lowest BCUT2D eigenvalue weighted by molar-refractivity contribution is 0.411. The highest BCUT2D eigenvalue weighted by molar-refractivity contribution is 5.27. The summed E-state index contributed by atoms with van der Waals surface area (Å²) in [6.07, 6.45) is 5.21. The molecule has 2 aliphatic rings. The lowest BCUT2D eigenvalue weighted by Crippen LogP contribution is -2.23. The largest absolute Gasteiger partial charge is 0.314 e. The van der Waals surface area contributed by atoms with Gasteiger partial charge < -0.3 is 10.2 Å². The van der Waals surface area contributed by atoms with Crippen molar-refractivity contribution in [3.05, 3.63) is 35.4 Å². The molecule has 2 heteroatoms. The second kappa shape index (κ2) is 5.41. The molecule has 1 aromatic carbocycles. The number of rotatable bonds is 3. The van der Waals surface area contributed by atoms with Gasteiger partial charge in [0, 0.05) is 12.6 Å². The normalized spacial score (nSPS) is 28.9. The van der Waals surface area contributed by atoms with Crippen molar-refractivity contribution in [1.82, 2.24) is 10.2 Å². The lowest BCUT2D eigenvalue weighted by Gasteiger charge is -2.13. The first-order chi connectivity index (χ1) is 8.81. The van der Waals surface area contributed by atoms with E-state index in [1.165, 1.54) is 56.4 Å². The summed E-state index contributed by atoms with van der Waals surface area (Å²) in [4.78, 5) is 2.43. The van der Waals surface area contributed by atoms with Crippen LogP contribution in [0, 0.1) is 0 Å². The molecule has 0 saturated carbocycles. The third-order valence-electron chi connectivity index (χ3n) is 4.49. The summed E-state index contributed by atoms with van der Waals surface area (Å²) in [5.74, 6) is 0.758. The summed E-state index contributed by atoms with van der Waals surface area (Å²) in [6.45, 7) is 3.68. The molecule has 0 aromatic heterocycles. The average Bonchev–Trinajstić information content (AvgIpc) is 3.02. The highest BCUT2D eigenvalue weighted by Gasteiger charge is 2.21. The van der Waals surface area contributed by atoms with Crippen LogP contribution in [0.1, 0.15) is 36.3 Å². The summed E-state index contributed by atoms with van der Waals surface area (Å²) in [7, 11) is 2.22. The summed E-state index contributed by atoms with van der Waals surface area (Å²) in [5, 5.41) is 3.57. The average molecular weight is 244 g/mol. The number of nitrogens with zero attached hydrogens (tertiary/aromatic N) is 1. The molecule has 2 atom stereocenters. The Morgan fingerprint density at radius 3 is 2.67 bits per heavy atom. The Morgan fingerprint density at radius 2 is 2.06 bits per heavy atom. The van der Waals surface area contributed by atoms with Crippen molar-refractivity contribution in [3.63, 3.8) is 0 Å². The molecule has 0 bridgehead atoms. The minimum Gasteiger partial charge on any atom is -0.314 e. The molecule has 0 aliphatic carbocycles. The van der Waals surface area contributed by atoms with E-state index in [-0.39, 0.29) is 0 Å². The van der Waals surface area contributed by atoms with Gasteiger partial charge in [0.1, 0.15) is 0 Å². The molecule has 0 radical (unpaired) electrons. The van der Waals surface area contributed by atoms with Gasteiger partial charge in [-0.2, -0.15) is 0 Å². The molecular weight excluding hydrogens is 220 g/mol. The number of hydrogen-bond donors (Lipinski definition) is 1. The van der Waals surface area contributed by atoms with E-state index in [1.54, 1.807) is 0 Å². The van der Waals surface area contributed by atoms with E-state index in [0.29, 0.717) is 6.04 Å². The van der Waals surface area contributed by atoms with Crippen LogP contribution in [0.25, 0.3) is 0 Å². The van der Waals surface area contributed by atoms with Gasteiger partial charge >= 0.3 is 0 Å². The Bertz CT molecular complexity index is 379. The van der Waals surface area contributed by atoms with E-state index in [9.17, 15) is 0 Å². The maximum atomic E-state index is 3.57. The van der Waals surface area contributed by atoms with Gasteiger partial charge in [-0.25, -0.2) is 0 Å². The fourth-order valence-corrected chi connectivity index (χ4v) is 3.35. The number of likely N-dealkylation sites (tertiary alicyclic amines) is 1. The SMILES string of the molecule is CN1CCC(c2ccc(CC3CCCN3)cc2)C1. The Kier molecular flexibility index (Phi) is 3.67. The van der Waals surface area contributed by atoms with Crippen LogP contribution in [-0.2, 0) is 6.42 Å². The molecule has 98 valence electrons. The monoisotopic (exact) mass is 244 g/mol. The first-order valence-corrected chi connectivity index (χ1v) is 7.32. The quantitative estimate of drug-likeness (QED) is 0.878. The molecule has 2 saturated heterocycles. The highest BCUT2D eigenvalue weighted by Crippen LogP contribution is 2.26. The maximum Gasteiger partial charge on any atom is 0.0108 e. The molecule has 3 rings (SSSR count). The van der Waals surface area contributed by atoms with Crippen LogP contribution in [0.4, 0.5) is 0 Å². The molecule has 2 nitrogen and oxygen atoms in total. The first-order valence-electron chi connectivity index (χ1n) is 7.32. The van der Waals surface area contributed by atoms with Crippen molar-refractivity contribution < 1.29 is 0 Å². The van der Waals surface area contributed by atoms with Crippen molar-refractivity contribution in [2.45, 2.75) is 37.6 Å². The van der Waals surface area contributed by atoms with Gasteiger partial charge in [0.2, 0.25) is 0 Å². The van der Waals surface area contributed by atoms with E-state index < -0.39 is 0 Å². The van der Waals surface area contributed by atoms with E-state index in [4.69, 9.17) is 0 Å². The van der Waals surface area contributed by atoms with Crippen molar-refractivity contribution >= 4 is 0 Å². The second-order valence-electron chi connectivity index (χ2n) is 5.99. The summed E-state index contributed by atoms with van der Waals surface area (Å²) < 4.78 is 0. The van der Waals surface area contributed by atoms with Crippen molar-refractivity contribution in [2.24, 2.45) is 0 Å². The third-order valence-corrected chi connectivity index (χ3v) is 4.49. The molecule has 2 unspecified atom stereocenters. The molecule has 1 aromatic rings. The summed E-state index contributed by atoms with van der Waals surface area (Å²) in [5.41, 5.74) is 3.02. The number of benzene rings is 1. The van der Waals surface area contributed by atoms with Gasteiger partial charge in [0.05, 0.1) is 0 Å². The van der Waals surface area contributed by atoms with E-state index in [0.717, 1.165) is 5.92 Å². The standard InChI is InChI=1S/C16H24N2/c1-18-10-8-15(12-18)14-6-4-13(5-7-14)11-16-3-2-9-17-16/h4-7,15-17H,2-3,8-12H2,1H3. The smallest absolute Gasteiger partial charge is 0.0108 e. The number of nitrogens with one attached hydrogen (secondary N) is 1. The van der Waals surface area contributed by atoms with E-state index in [1.807, 2.05) is 0 Å². The van der Waals surface area contributed by atoms with Crippen molar-refractivity contribution in [3.8, 4) is 0 Å². The van der Waals surface area contributed by atoms with Gasteiger partial charge in [-0.05, 0) is 62.9 Å². The summed E-state index contributed by atoms with van der Waals surface area (Å²) >= 11 is 0. The zero-order chi connectivity index (χ0) is 12.4. The van der Waals surface area contributed by atoms with E-state index in [2.05, 4.69) is 41.5 Å². The molecular formula is C16H24N2. The van der Waals surface area contributed by atoms with Gasteiger partial charge in [-0.1, -0.05) is 24.3 Å². The van der Waals surface area contributed by atoms with Gasteiger partial charge in [-0.3, -0.25) is 0 Å². The van der Waals surface area contributed by atoms with Gasteiger partial charge in [0.15, 0.2) is 0 Å². The number of likely N-dealkylation sites (N-methyl/N-ethyl adjacent to an activating group) is 1. The van der Waals surface area contributed by atoms with Crippen LogP contribution in [0.5, 0.6) is 0 Å². The van der Waals surface area contributed by atoms with Crippen LogP contribution < -0.4 is 5.32 Å². The Labute approximate surface area is 110 Å². The minimum atomic E-state index is 0.716. The van der Waals surface area contributed by atoms with Crippen LogP contribution >= 0.6 is 0 Å². The molecule has 0 spiro atoms.